The SMILES string of the molecule is COc1ccccc1N1CCN(C[C@@H]2CN3CC[C@H]2C[C@@H]3CNC(=O)Nc2cccc(F)c2)CC1. The van der Waals surface area contributed by atoms with Gasteiger partial charge in [-0.15, -0.1) is 0 Å². The lowest BCUT2D eigenvalue weighted by Gasteiger charge is -2.51. The second-order valence-corrected chi connectivity index (χ2v) is 10.00. The van der Waals surface area contributed by atoms with Gasteiger partial charge in [-0.05, 0) is 61.6 Å². The van der Waals surface area contributed by atoms with Gasteiger partial charge in [-0.3, -0.25) is 9.80 Å². The molecule has 1 unspecified atom stereocenters. The van der Waals surface area contributed by atoms with Crippen LogP contribution in [0.15, 0.2) is 48.5 Å². The summed E-state index contributed by atoms with van der Waals surface area (Å²) in [6, 6.07) is 14.4. The molecule has 2 N–H and O–H groups in total. The van der Waals surface area contributed by atoms with Crippen LogP contribution in [0.5, 0.6) is 5.75 Å². The summed E-state index contributed by atoms with van der Waals surface area (Å²) < 4.78 is 18.9. The van der Waals surface area contributed by atoms with E-state index in [1.807, 2.05) is 12.1 Å². The number of nitrogens with zero attached hydrogens (tertiary/aromatic N) is 3. The van der Waals surface area contributed by atoms with E-state index < -0.39 is 0 Å². The monoisotopic (exact) mass is 481 g/mol. The van der Waals surface area contributed by atoms with Crippen LogP contribution < -0.4 is 20.3 Å². The molecular weight excluding hydrogens is 445 g/mol. The van der Waals surface area contributed by atoms with E-state index >= 15 is 0 Å². The molecular formula is C27H36FN5O2. The number of amides is 2. The second-order valence-electron chi connectivity index (χ2n) is 10.00. The molecule has 4 aliphatic rings. The minimum Gasteiger partial charge on any atom is -0.495 e. The predicted octanol–water partition coefficient (Wildman–Crippen LogP) is 3.49. The van der Waals surface area contributed by atoms with Crippen molar-refractivity contribution in [2.24, 2.45) is 11.8 Å². The Morgan fingerprint density at radius 2 is 1.91 bits per heavy atom. The van der Waals surface area contributed by atoms with E-state index in [1.165, 1.54) is 24.2 Å². The van der Waals surface area contributed by atoms with Crippen molar-refractivity contribution >= 4 is 17.4 Å². The van der Waals surface area contributed by atoms with Crippen LogP contribution in [-0.2, 0) is 0 Å². The number of fused-ring (bicyclic) bond motifs is 3. The quantitative estimate of drug-likeness (QED) is 0.634. The average molecular weight is 482 g/mol. The lowest BCUT2D eigenvalue weighted by molar-refractivity contribution is -0.0114. The number of benzene rings is 2. The van der Waals surface area contributed by atoms with E-state index in [0.717, 1.165) is 58.0 Å². The highest BCUT2D eigenvalue weighted by molar-refractivity contribution is 5.89. The van der Waals surface area contributed by atoms with Crippen LogP contribution in [0.1, 0.15) is 12.8 Å². The Hall–Kier alpha value is -2.84. The number of carbonyl (C=O) groups is 1. The number of halogens is 1. The van der Waals surface area contributed by atoms with Crippen molar-refractivity contribution in [3.8, 4) is 5.75 Å². The molecule has 4 saturated heterocycles. The van der Waals surface area contributed by atoms with Gasteiger partial charge in [0.2, 0.25) is 0 Å². The third-order valence-electron chi connectivity index (χ3n) is 7.89. The number of hydrogen-bond acceptors (Lipinski definition) is 5. The van der Waals surface area contributed by atoms with Gasteiger partial charge in [-0.1, -0.05) is 18.2 Å². The zero-order valence-corrected chi connectivity index (χ0v) is 20.5. The van der Waals surface area contributed by atoms with Gasteiger partial charge in [0.25, 0.3) is 0 Å². The molecule has 0 spiro atoms. The Balaban J connectivity index is 1.07. The molecule has 2 amide bonds. The van der Waals surface area contributed by atoms with Crippen LogP contribution in [0.4, 0.5) is 20.6 Å². The van der Waals surface area contributed by atoms with E-state index in [1.54, 1.807) is 19.2 Å². The summed E-state index contributed by atoms with van der Waals surface area (Å²) in [4.78, 5) is 19.9. The number of hydrogen-bond donors (Lipinski definition) is 2. The van der Waals surface area contributed by atoms with Crippen LogP contribution in [0, 0.1) is 17.7 Å². The summed E-state index contributed by atoms with van der Waals surface area (Å²) in [6.45, 7) is 8.20. The summed E-state index contributed by atoms with van der Waals surface area (Å²) in [6.07, 6.45) is 2.38. The molecule has 2 aromatic carbocycles. The van der Waals surface area contributed by atoms with Gasteiger partial charge >= 0.3 is 6.03 Å². The summed E-state index contributed by atoms with van der Waals surface area (Å²) in [5.41, 5.74) is 1.66. The van der Waals surface area contributed by atoms with E-state index in [4.69, 9.17) is 4.74 Å². The van der Waals surface area contributed by atoms with E-state index in [-0.39, 0.29) is 11.8 Å². The van der Waals surface area contributed by atoms with Gasteiger partial charge < -0.3 is 20.3 Å². The van der Waals surface area contributed by atoms with Crippen molar-refractivity contribution in [3.05, 3.63) is 54.3 Å². The molecule has 4 atom stereocenters. The van der Waals surface area contributed by atoms with Crippen molar-refractivity contribution in [1.29, 1.82) is 0 Å². The smallest absolute Gasteiger partial charge is 0.319 e. The molecule has 35 heavy (non-hydrogen) atoms. The van der Waals surface area contributed by atoms with Gasteiger partial charge in [0.15, 0.2) is 0 Å². The van der Waals surface area contributed by atoms with Crippen LogP contribution in [0.3, 0.4) is 0 Å². The highest BCUT2D eigenvalue weighted by atomic mass is 19.1. The fraction of sp³-hybridized carbons (Fsp3) is 0.519. The Labute approximate surface area is 207 Å². The van der Waals surface area contributed by atoms with Gasteiger partial charge in [0.05, 0.1) is 12.8 Å². The molecule has 2 aromatic rings. The Morgan fingerprint density at radius 1 is 1.09 bits per heavy atom. The first-order valence-electron chi connectivity index (χ1n) is 12.7. The van der Waals surface area contributed by atoms with Crippen molar-refractivity contribution in [3.63, 3.8) is 0 Å². The summed E-state index contributed by atoms with van der Waals surface area (Å²) >= 11 is 0. The molecule has 7 nitrogen and oxygen atoms in total. The van der Waals surface area contributed by atoms with Crippen molar-refractivity contribution < 1.29 is 13.9 Å². The molecule has 0 saturated carbocycles. The summed E-state index contributed by atoms with van der Waals surface area (Å²) in [5, 5.41) is 5.72. The van der Waals surface area contributed by atoms with Gasteiger partial charge in [0.1, 0.15) is 11.6 Å². The van der Waals surface area contributed by atoms with Gasteiger partial charge in [-0.2, -0.15) is 0 Å². The summed E-state index contributed by atoms with van der Waals surface area (Å²) in [5.74, 6) is 2.00. The maximum atomic E-state index is 13.3. The number of para-hydroxylation sites is 2. The minimum atomic E-state index is -0.356. The molecule has 0 radical (unpaired) electrons. The number of rotatable bonds is 7. The lowest BCUT2D eigenvalue weighted by atomic mass is 9.75. The van der Waals surface area contributed by atoms with Crippen LogP contribution in [-0.4, -0.2) is 81.3 Å². The molecule has 6 rings (SSSR count). The maximum Gasteiger partial charge on any atom is 0.319 e. The number of piperidine rings is 3. The van der Waals surface area contributed by atoms with E-state index in [0.29, 0.717) is 30.1 Å². The number of nitrogens with one attached hydrogen (secondary N) is 2. The summed E-state index contributed by atoms with van der Waals surface area (Å²) in [7, 11) is 1.74. The average Bonchev–Trinajstić information content (AvgIpc) is 2.88. The first kappa shape index (κ1) is 23.9. The third-order valence-corrected chi connectivity index (χ3v) is 7.89. The topological polar surface area (TPSA) is 60.1 Å². The Morgan fingerprint density at radius 3 is 2.66 bits per heavy atom. The van der Waals surface area contributed by atoms with Gasteiger partial charge in [-0.25, -0.2) is 9.18 Å². The number of ether oxygens (including phenoxy) is 1. The standard InChI is InChI=1S/C27H36FN5O2/c1-35-26-8-3-2-7-25(26)32-13-11-31(12-14-32)18-21-19-33-10-9-20(21)15-24(33)17-29-27(34)30-23-6-4-5-22(28)16-23/h2-8,16,20-21,24H,9-15,17-19H2,1H3,(H2,29,30,34)/t20-,21+,24+/m0/s1. The minimum absolute atomic E-state index is 0.275. The van der Waals surface area contributed by atoms with E-state index in [2.05, 4.69) is 37.5 Å². The number of anilines is 2. The number of carbonyl (C=O) groups excluding carboxylic acids is 1. The van der Waals surface area contributed by atoms with Crippen molar-refractivity contribution in [2.45, 2.75) is 18.9 Å². The first-order valence-corrected chi connectivity index (χ1v) is 12.7. The molecule has 4 aliphatic heterocycles. The Kier molecular flexibility index (Phi) is 7.39. The number of urea groups is 1. The maximum absolute atomic E-state index is 13.3. The molecule has 0 aliphatic carbocycles. The highest BCUT2D eigenvalue weighted by Gasteiger charge is 2.40. The lowest BCUT2D eigenvalue weighted by Crippen LogP contribution is -2.59. The fourth-order valence-electron chi connectivity index (χ4n) is 6.01. The number of piperazine rings is 1. The molecule has 0 aromatic heterocycles. The Bertz CT molecular complexity index is 1010. The van der Waals surface area contributed by atoms with Crippen molar-refractivity contribution in [2.75, 3.05) is 69.7 Å². The molecule has 4 fully saturated rings. The molecule has 8 heteroatoms. The largest absolute Gasteiger partial charge is 0.495 e. The number of methoxy groups -OCH3 is 1. The zero-order chi connectivity index (χ0) is 24.2. The van der Waals surface area contributed by atoms with Crippen molar-refractivity contribution in [1.82, 2.24) is 15.1 Å². The predicted molar refractivity (Wildman–Crippen MR) is 137 cm³/mol. The van der Waals surface area contributed by atoms with E-state index in [9.17, 15) is 9.18 Å². The second kappa shape index (κ2) is 10.8. The zero-order valence-electron chi connectivity index (χ0n) is 20.5. The van der Waals surface area contributed by atoms with Gasteiger partial charge in [0, 0.05) is 57.5 Å². The van der Waals surface area contributed by atoms with Crippen LogP contribution in [0.25, 0.3) is 0 Å². The highest BCUT2D eigenvalue weighted by Crippen LogP contribution is 2.37. The molecule has 2 bridgehead atoms. The van der Waals surface area contributed by atoms with Crippen LogP contribution >= 0.6 is 0 Å². The fourth-order valence-corrected chi connectivity index (χ4v) is 6.01. The first-order chi connectivity index (χ1) is 17.1. The molecule has 4 heterocycles. The normalized spacial score (nSPS) is 26.4. The molecule has 188 valence electrons. The third kappa shape index (κ3) is 5.70. The van der Waals surface area contributed by atoms with Crippen LogP contribution in [0.2, 0.25) is 0 Å².